The van der Waals surface area contributed by atoms with Gasteiger partial charge < -0.3 is 0 Å². The third-order valence-electron chi connectivity index (χ3n) is 1.10. The van der Waals surface area contributed by atoms with Crippen LogP contribution in [0.3, 0.4) is 0 Å². The highest BCUT2D eigenvalue weighted by Gasteiger charge is 2.07. The molecule has 0 bridgehead atoms. The zero-order valence-corrected chi connectivity index (χ0v) is 7.67. The lowest BCUT2D eigenvalue weighted by molar-refractivity contribution is 0.585. The Kier molecular flexibility index (Phi) is 4.24. The van der Waals surface area contributed by atoms with E-state index in [0.717, 1.165) is 0 Å². The molecule has 0 saturated heterocycles. The van der Waals surface area contributed by atoms with E-state index in [9.17, 15) is 8.42 Å². The van der Waals surface area contributed by atoms with Crippen LogP contribution in [-0.2, 0) is 10.0 Å². The molecule has 0 aromatic carbocycles. The number of rotatable bonds is 4. The smallest absolute Gasteiger partial charge is 0.211 e. The van der Waals surface area contributed by atoms with Gasteiger partial charge in [0, 0.05) is 5.38 Å². The molecule has 0 heterocycles. The molecule has 0 aromatic rings. The first kappa shape index (κ1) is 10.2. The highest BCUT2D eigenvalue weighted by atomic mass is 35.5. The Morgan fingerprint density at radius 2 is 2.10 bits per heavy atom. The van der Waals surface area contributed by atoms with Crippen LogP contribution in [0.15, 0.2) is 0 Å². The van der Waals surface area contributed by atoms with Crippen LogP contribution in [0, 0.1) is 0 Å². The second kappa shape index (κ2) is 4.16. The molecule has 0 radical (unpaired) electrons. The van der Waals surface area contributed by atoms with Gasteiger partial charge in [-0.1, -0.05) is 0 Å². The minimum Gasteiger partial charge on any atom is -0.218 e. The van der Waals surface area contributed by atoms with E-state index in [4.69, 9.17) is 11.6 Å². The molecule has 0 spiro atoms. The maximum atomic E-state index is 10.7. The fourth-order valence-electron chi connectivity index (χ4n) is 0.420. The molecule has 1 atom stereocenters. The van der Waals surface area contributed by atoms with Gasteiger partial charge in [-0.05, 0) is 20.4 Å². The molecular weight excluding hydrogens is 174 g/mol. The fourth-order valence-corrected chi connectivity index (χ4v) is 1.53. The third kappa shape index (κ3) is 5.02. The summed E-state index contributed by atoms with van der Waals surface area (Å²) in [5, 5.41) is -0.0804. The van der Waals surface area contributed by atoms with E-state index in [1.807, 2.05) is 0 Å². The lowest BCUT2D eigenvalue weighted by Crippen LogP contribution is -2.23. The minimum absolute atomic E-state index is 0.0804. The highest BCUT2D eigenvalue weighted by molar-refractivity contribution is 7.89. The monoisotopic (exact) mass is 185 g/mol. The molecule has 0 rings (SSSR count). The number of nitrogens with one attached hydrogen (secondary N) is 1. The van der Waals surface area contributed by atoms with E-state index >= 15 is 0 Å². The number of halogens is 1. The van der Waals surface area contributed by atoms with E-state index in [-0.39, 0.29) is 11.1 Å². The quantitative estimate of drug-likeness (QED) is 0.651. The van der Waals surface area contributed by atoms with E-state index < -0.39 is 10.0 Å². The molecule has 0 aliphatic rings. The summed E-state index contributed by atoms with van der Waals surface area (Å²) in [6.45, 7) is 1.77. The standard InChI is InChI=1S/C5H12ClNO2S/c1-5(6)3-4-10(8,9)7-2/h5,7H,3-4H2,1-2H3. The van der Waals surface area contributed by atoms with Gasteiger partial charge in [-0.2, -0.15) is 0 Å². The van der Waals surface area contributed by atoms with Crippen LogP contribution in [0.5, 0.6) is 0 Å². The Balaban J connectivity index is 3.70. The van der Waals surface area contributed by atoms with Crippen LogP contribution in [0.2, 0.25) is 0 Å². The van der Waals surface area contributed by atoms with E-state index in [0.29, 0.717) is 6.42 Å². The average molecular weight is 186 g/mol. The molecule has 1 unspecified atom stereocenters. The minimum atomic E-state index is -3.05. The van der Waals surface area contributed by atoms with Gasteiger partial charge in [-0.15, -0.1) is 11.6 Å². The van der Waals surface area contributed by atoms with Crippen molar-refractivity contribution in [3.8, 4) is 0 Å². The summed E-state index contributed by atoms with van der Waals surface area (Å²) >= 11 is 5.55. The number of hydrogen-bond acceptors (Lipinski definition) is 2. The normalized spacial score (nSPS) is 15.1. The Morgan fingerprint density at radius 3 is 2.40 bits per heavy atom. The van der Waals surface area contributed by atoms with Gasteiger partial charge in [-0.25, -0.2) is 13.1 Å². The third-order valence-corrected chi connectivity index (χ3v) is 2.71. The number of sulfonamides is 1. The summed E-state index contributed by atoms with van der Waals surface area (Å²) in [6.07, 6.45) is 0.491. The molecular formula is C5H12ClNO2S. The molecule has 0 fully saturated rings. The van der Waals surface area contributed by atoms with Crippen LogP contribution < -0.4 is 4.72 Å². The molecule has 62 valence electrons. The van der Waals surface area contributed by atoms with Crippen LogP contribution in [0.1, 0.15) is 13.3 Å². The number of hydrogen-bond donors (Lipinski definition) is 1. The lowest BCUT2D eigenvalue weighted by Gasteiger charge is -2.02. The molecule has 10 heavy (non-hydrogen) atoms. The Bertz CT molecular complexity index is 176. The van der Waals surface area contributed by atoms with Crippen LogP contribution in [0.4, 0.5) is 0 Å². The first-order valence-corrected chi connectivity index (χ1v) is 5.12. The van der Waals surface area contributed by atoms with Gasteiger partial charge in [-0.3, -0.25) is 0 Å². The van der Waals surface area contributed by atoms with Crippen LogP contribution in [0.25, 0.3) is 0 Å². The summed E-state index contributed by atoms with van der Waals surface area (Å²) in [5.41, 5.74) is 0. The van der Waals surface area contributed by atoms with Crippen molar-refractivity contribution >= 4 is 21.6 Å². The maximum Gasteiger partial charge on any atom is 0.211 e. The molecule has 3 nitrogen and oxygen atoms in total. The van der Waals surface area contributed by atoms with Crippen molar-refractivity contribution in [1.82, 2.24) is 4.72 Å². The average Bonchev–Trinajstić information content (AvgIpc) is 1.85. The largest absolute Gasteiger partial charge is 0.218 e. The zero-order chi connectivity index (χ0) is 8.20. The van der Waals surface area contributed by atoms with E-state index in [1.165, 1.54) is 7.05 Å². The van der Waals surface area contributed by atoms with Crippen molar-refractivity contribution in [2.75, 3.05) is 12.8 Å². The first-order valence-electron chi connectivity index (χ1n) is 3.03. The SMILES string of the molecule is CNS(=O)(=O)CCC(C)Cl. The fraction of sp³-hybridized carbons (Fsp3) is 1.00. The topological polar surface area (TPSA) is 46.2 Å². The molecule has 0 aromatic heterocycles. The summed E-state index contributed by atoms with van der Waals surface area (Å²) in [6, 6.07) is 0. The van der Waals surface area contributed by atoms with Crippen molar-refractivity contribution in [2.45, 2.75) is 18.7 Å². The molecule has 5 heteroatoms. The predicted octanol–water partition coefficient (Wildman–Crippen LogP) is 0.553. The highest BCUT2D eigenvalue weighted by Crippen LogP contribution is 2.01. The maximum absolute atomic E-state index is 10.7. The Morgan fingerprint density at radius 1 is 1.60 bits per heavy atom. The summed E-state index contributed by atoms with van der Waals surface area (Å²) in [5.74, 6) is 0.105. The Labute approximate surface area is 66.8 Å². The summed E-state index contributed by atoms with van der Waals surface area (Å²) in [7, 11) is -1.65. The molecule has 0 aliphatic heterocycles. The second-order valence-corrected chi connectivity index (χ2v) is 4.88. The van der Waals surface area contributed by atoms with Crippen molar-refractivity contribution in [1.29, 1.82) is 0 Å². The summed E-state index contributed by atoms with van der Waals surface area (Å²) in [4.78, 5) is 0. The lowest BCUT2D eigenvalue weighted by atomic mass is 10.4. The number of alkyl halides is 1. The Hall–Kier alpha value is 0.200. The molecule has 1 N–H and O–H groups in total. The van der Waals surface area contributed by atoms with Crippen molar-refractivity contribution in [3.63, 3.8) is 0 Å². The van der Waals surface area contributed by atoms with Crippen LogP contribution in [-0.4, -0.2) is 26.6 Å². The van der Waals surface area contributed by atoms with Crippen LogP contribution >= 0.6 is 11.6 Å². The van der Waals surface area contributed by atoms with Gasteiger partial charge in [0.2, 0.25) is 10.0 Å². The second-order valence-electron chi connectivity index (χ2n) is 2.09. The van der Waals surface area contributed by atoms with E-state index in [1.54, 1.807) is 6.92 Å². The first-order chi connectivity index (χ1) is 4.48. The summed E-state index contributed by atoms with van der Waals surface area (Å²) < 4.78 is 23.7. The van der Waals surface area contributed by atoms with Crippen molar-refractivity contribution in [2.24, 2.45) is 0 Å². The molecule has 0 amide bonds. The van der Waals surface area contributed by atoms with Gasteiger partial charge in [0.15, 0.2) is 0 Å². The molecule has 0 saturated carbocycles. The van der Waals surface area contributed by atoms with Gasteiger partial charge in [0.1, 0.15) is 0 Å². The van der Waals surface area contributed by atoms with Gasteiger partial charge in [0.25, 0.3) is 0 Å². The van der Waals surface area contributed by atoms with E-state index in [2.05, 4.69) is 4.72 Å². The predicted molar refractivity (Wildman–Crippen MR) is 42.8 cm³/mol. The molecule has 0 aliphatic carbocycles. The van der Waals surface area contributed by atoms with Gasteiger partial charge in [0.05, 0.1) is 5.75 Å². The van der Waals surface area contributed by atoms with Crippen molar-refractivity contribution < 1.29 is 8.42 Å². The van der Waals surface area contributed by atoms with Crippen molar-refractivity contribution in [3.05, 3.63) is 0 Å². The zero-order valence-electron chi connectivity index (χ0n) is 6.09. The van der Waals surface area contributed by atoms with Gasteiger partial charge >= 0.3 is 0 Å².